The van der Waals surface area contributed by atoms with Crippen molar-refractivity contribution in [2.45, 2.75) is 12.8 Å². The van der Waals surface area contributed by atoms with E-state index in [0.29, 0.717) is 6.54 Å². The molecule has 1 aromatic carbocycles. The molecule has 0 spiro atoms. The van der Waals surface area contributed by atoms with Gasteiger partial charge in [0, 0.05) is 17.9 Å². The van der Waals surface area contributed by atoms with E-state index < -0.39 is 5.91 Å². The summed E-state index contributed by atoms with van der Waals surface area (Å²) in [6, 6.07) is 5.63. The van der Waals surface area contributed by atoms with Crippen molar-refractivity contribution in [2.24, 2.45) is 5.73 Å². The maximum atomic E-state index is 12.2. The fraction of sp³-hybridized carbons (Fsp3) is 0.385. The van der Waals surface area contributed by atoms with Crippen LogP contribution in [0.4, 0.5) is 11.4 Å². The van der Waals surface area contributed by atoms with Crippen LogP contribution in [-0.2, 0) is 16.0 Å². The number of nitrogen functional groups attached to an aromatic ring is 1. The Labute approximate surface area is 128 Å². The second-order valence-corrected chi connectivity index (χ2v) is 5.44. The molecule has 0 unspecified atom stereocenters. The van der Waals surface area contributed by atoms with Crippen LogP contribution in [0.3, 0.4) is 0 Å². The number of primary amides is 1. The van der Waals surface area contributed by atoms with Gasteiger partial charge in [-0.05, 0) is 30.5 Å². The van der Waals surface area contributed by atoms with Gasteiger partial charge in [-0.2, -0.15) is 0 Å². The van der Waals surface area contributed by atoms with E-state index in [2.05, 4.69) is 0 Å². The summed E-state index contributed by atoms with van der Waals surface area (Å²) in [6.45, 7) is 0.701. The normalized spacial score (nSPS) is 13.3. The van der Waals surface area contributed by atoms with Gasteiger partial charge in [0.15, 0.2) is 0 Å². The third-order valence-corrected chi connectivity index (χ3v) is 4.00. The minimum absolute atomic E-state index is 0. The number of carbonyl (C=O) groups is 2. The Balaban J connectivity index is 0.00000200. The van der Waals surface area contributed by atoms with Gasteiger partial charge in [0.2, 0.25) is 11.8 Å². The largest absolute Gasteiger partial charge is 0.398 e. The Kier molecular flexibility index (Phi) is 6.16. The van der Waals surface area contributed by atoms with Crippen LogP contribution in [0.5, 0.6) is 0 Å². The monoisotopic (exact) mass is 315 g/mol. The molecule has 110 valence electrons. The molecule has 2 rings (SSSR count). The minimum atomic E-state index is -0.402. The fourth-order valence-corrected chi connectivity index (χ4v) is 2.86. The maximum Gasteiger partial charge on any atom is 0.236 e. The average Bonchev–Trinajstić information content (AvgIpc) is 2.38. The topological polar surface area (TPSA) is 89.4 Å². The van der Waals surface area contributed by atoms with Gasteiger partial charge in [-0.3, -0.25) is 9.59 Å². The van der Waals surface area contributed by atoms with E-state index in [1.165, 1.54) is 11.8 Å². The molecule has 1 aliphatic rings. The second kappa shape index (κ2) is 7.40. The van der Waals surface area contributed by atoms with Crippen LogP contribution >= 0.6 is 24.2 Å². The molecule has 0 saturated heterocycles. The minimum Gasteiger partial charge on any atom is -0.398 e. The Morgan fingerprint density at radius 1 is 1.30 bits per heavy atom. The number of nitrogens with two attached hydrogens (primary N) is 2. The number of benzene rings is 1. The molecular weight excluding hydrogens is 298 g/mol. The van der Waals surface area contributed by atoms with Crippen molar-refractivity contribution in [3.63, 3.8) is 0 Å². The number of fused-ring (bicyclic) bond motifs is 1. The Morgan fingerprint density at radius 2 is 2.05 bits per heavy atom. The predicted octanol–water partition coefficient (Wildman–Crippen LogP) is 1.19. The van der Waals surface area contributed by atoms with Crippen LogP contribution in [0.25, 0.3) is 0 Å². The molecule has 0 bridgehead atoms. The molecule has 0 aromatic heterocycles. The molecule has 20 heavy (non-hydrogen) atoms. The number of nitrogens with zero attached hydrogens (tertiary/aromatic N) is 1. The van der Waals surface area contributed by atoms with Crippen molar-refractivity contribution in [3.05, 3.63) is 23.8 Å². The zero-order chi connectivity index (χ0) is 13.8. The first-order chi connectivity index (χ1) is 9.09. The maximum absolute atomic E-state index is 12.2. The highest BCUT2D eigenvalue weighted by molar-refractivity contribution is 8.00. The molecule has 1 aromatic rings. The van der Waals surface area contributed by atoms with Crippen LogP contribution < -0.4 is 16.4 Å². The lowest BCUT2D eigenvalue weighted by molar-refractivity contribution is -0.116. The van der Waals surface area contributed by atoms with E-state index >= 15 is 0 Å². The van der Waals surface area contributed by atoms with E-state index in [4.69, 9.17) is 11.5 Å². The molecule has 0 atom stereocenters. The second-order valence-electron chi connectivity index (χ2n) is 4.45. The summed E-state index contributed by atoms with van der Waals surface area (Å²) in [7, 11) is 0. The van der Waals surface area contributed by atoms with Gasteiger partial charge in [-0.1, -0.05) is 6.07 Å². The van der Waals surface area contributed by atoms with Gasteiger partial charge in [-0.15, -0.1) is 24.2 Å². The lowest BCUT2D eigenvalue weighted by atomic mass is 10.00. The van der Waals surface area contributed by atoms with E-state index in [0.717, 1.165) is 29.8 Å². The lowest BCUT2D eigenvalue weighted by Gasteiger charge is -2.30. The first kappa shape index (κ1) is 16.7. The zero-order valence-corrected chi connectivity index (χ0v) is 12.6. The van der Waals surface area contributed by atoms with Gasteiger partial charge in [0.1, 0.15) is 0 Å². The molecule has 0 saturated carbocycles. The molecule has 7 heteroatoms. The smallest absolute Gasteiger partial charge is 0.236 e. The van der Waals surface area contributed by atoms with E-state index in [1.54, 1.807) is 4.90 Å². The van der Waals surface area contributed by atoms with Gasteiger partial charge in [0.25, 0.3) is 0 Å². The number of thioether (sulfide) groups is 1. The lowest BCUT2D eigenvalue weighted by Crippen LogP contribution is -2.37. The van der Waals surface area contributed by atoms with Gasteiger partial charge < -0.3 is 16.4 Å². The number of halogens is 1. The summed E-state index contributed by atoms with van der Waals surface area (Å²) in [5.74, 6) is 0.0273. The molecule has 0 aliphatic carbocycles. The van der Waals surface area contributed by atoms with Crippen LogP contribution in [0.1, 0.15) is 12.0 Å². The number of carbonyl (C=O) groups excluding carboxylic acids is 2. The molecular formula is C13H18ClN3O2S. The Morgan fingerprint density at radius 3 is 2.75 bits per heavy atom. The highest BCUT2D eigenvalue weighted by atomic mass is 35.5. The Hall–Kier alpha value is -1.40. The average molecular weight is 316 g/mol. The molecule has 1 heterocycles. The number of hydrogen-bond donors (Lipinski definition) is 2. The third kappa shape index (κ3) is 3.80. The molecule has 0 radical (unpaired) electrons. The molecule has 5 nitrogen and oxygen atoms in total. The summed E-state index contributed by atoms with van der Waals surface area (Å²) in [5, 5.41) is 0. The first-order valence-corrected chi connectivity index (χ1v) is 7.29. The summed E-state index contributed by atoms with van der Waals surface area (Å²) in [5.41, 5.74) is 13.7. The number of rotatable bonds is 4. The highest BCUT2D eigenvalue weighted by Gasteiger charge is 2.23. The third-order valence-electron chi connectivity index (χ3n) is 3.06. The van der Waals surface area contributed by atoms with Crippen LogP contribution in [0, 0.1) is 0 Å². The van der Waals surface area contributed by atoms with Crippen molar-refractivity contribution in [2.75, 3.05) is 28.7 Å². The predicted molar refractivity (Wildman–Crippen MR) is 85.3 cm³/mol. The fourth-order valence-electron chi connectivity index (χ4n) is 2.23. The molecule has 4 N–H and O–H groups in total. The standard InChI is InChI=1S/C13H17N3O2S.ClH/c14-10-4-1-5-11-9(10)3-2-6-16(11)13(18)8-19-7-12(15)17;/h1,4-5H,2-3,6-8,14H2,(H2,15,17);1H. The summed E-state index contributed by atoms with van der Waals surface area (Å²) >= 11 is 1.24. The Bertz CT molecular complexity index is 510. The molecule has 1 aliphatic heterocycles. The van der Waals surface area contributed by atoms with Gasteiger partial charge >= 0.3 is 0 Å². The van der Waals surface area contributed by atoms with E-state index in [1.807, 2.05) is 18.2 Å². The van der Waals surface area contributed by atoms with Crippen molar-refractivity contribution >= 4 is 47.4 Å². The van der Waals surface area contributed by atoms with Crippen molar-refractivity contribution < 1.29 is 9.59 Å². The van der Waals surface area contributed by atoms with Crippen LogP contribution in [-0.4, -0.2) is 29.9 Å². The van der Waals surface area contributed by atoms with Crippen LogP contribution in [0.15, 0.2) is 18.2 Å². The first-order valence-electron chi connectivity index (χ1n) is 6.13. The quantitative estimate of drug-likeness (QED) is 0.817. The van der Waals surface area contributed by atoms with Gasteiger partial charge in [0.05, 0.1) is 11.5 Å². The van der Waals surface area contributed by atoms with E-state index in [-0.39, 0.29) is 29.8 Å². The van der Waals surface area contributed by atoms with E-state index in [9.17, 15) is 9.59 Å². The summed E-state index contributed by atoms with van der Waals surface area (Å²) in [4.78, 5) is 24.6. The van der Waals surface area contributed by atoms with Crippen molar-refractivity contribution in [3.8, 4) is 0 Å². The summed E-state index contributed by atoms with van der Waals surface area (Å²) < 4.78 is 0. The van der Waals surface area contributed by atoms with Crippen molar-refractivity contribution in [1.82, 2.24) is 0 Å². The summed E-state index contributed by atoms with van der Waals surface area (Å²) in [6.07, 6.45) is 1.81. The van der Waals surface area contributed by atoms with Crippen molar-refractivity contribution in [1.29, 1.82) is 0 Å². The van der Waals surface area contributed by atoms with Gasteiger partial charge in [-0.25, -0.2) is 0 Å². The van der Waals surface area contributed by atoms with Crippen LogP contribution in [0.2, 0.25) is 0 Å². The SMILES string of the molecule is Cl.NC(=O)CSCC(=O)N1CCCc2c(N)cccc21. The zero-order valence-electron chi connectivity index (χ0n) is 11.0. The molecule has 2 amide bonds. The number of anilines is 2. The molecule has 0 fully saturated rings. The number of amides is 2. The number of hydrogen-bond acceptors (Lipinski definition) is 4. The highest BCUT2D eigenvalue weighted by Crippen LogP contribution is 2.31.